The molecule has 0 bridgehead atoms. The van der Waals surface area contributed by atoms with Crippen LogP contribution in [0.2, 0.25) is 15.1 Å². The van der Waals surface area contributed by atoms with E-state index < -0.39 is 23.3 Å². The Bertz CT molecular complexity index is 1140. The standard InChI is InChI=1S/C13H8Cl3NO3.C7H5F3N/c14-9-2-1-3-10(15)8(9)6-17-5-7(13(19)20)4-11(16)12(17)18;8-7(9,10)5-2-1-3-6(11)4-5/h1-5H,6H2,(H,19,20);1-4,11H/q;-1. The Morgan fingerprint density at radius 1 is 1.00 bits per heavy atom. The van der Waals surface area contributed by atoms with E-state index >= 15 is 0 Å². The van der Waals surface area contributed by atoms with Gasteiger partial charge in [0.15, 0.2) is 0 Å². The van der Waals surface area contributed by atoms with Crippen molar-refractivity contribution in [1.29, 1.82) is 0 Å². The summed E-state index contributed by atoms with van der Waals surface area (Å²) in [7, 11) is 0. The van der Waals surface area contributed by atoms with Crippen LogP contribution in [0.4, 0.5) is 18.9 Å². The van der Waals surface area contributed by atoms with Crippen LogP contribution in [0.5, 0.6) is 0 Å². The second-order valence-corrected chi connectivity index (χ2v) is 7.32. The predicted molar refractivity (Wildman–Crippen MR) is 114 cm³/mol. The van der Waals surface area contributed by atoms with Crippen LogP contribution in [-0.4, -0.2) is 15.6 Å². The zero-order valence-electron chi connectivity index (χ0n) is 15.4. The average Bonchev–Trinajstić information content (AvgIpc) is 2.67. The fourth-order valence-corrected chi connectivity index (χ4v) is 3.13. The molecule has 0 aliphatic carbocycles. The SMILES string of the molecule is O=C(O)c1cc(Cl)c(=O)n(Cc2c(Cl)cccc2Cl)c1.[NH-]c1cccc(C(F)(F)F)c1. The molecular formula is C20H13Cl3F3N2O3-. The summed E-state index contributed by atoms with van der Waals surface area (Å²) in [6.45, 7) is 0.0399. The van der Waals surface area contributed by atoms with Gasteiger partial charge < -0.3 is 15.4 Å². The van der Waals surface area contributed by atoms with E-state index in [1.54, 1.807) is 18.2 Å². The van der Waals surface area contributed by atoms with Gasteiger partial charge in [0.1, 0.15) is 5.02 Å². The van der Waals surface area contributed by atoms with E-state index in [4.69, 9.17) is 45.6 Å². The van der Waals surface area contributed by atoms with Crippen LogP contribution in [0.25, 0.3) is 5.73 Å². The maximum atomic E-state index is 11.9. The maximum Gasteiger partial charge on any atom is 0.416 e. The second kappa shape index (κ2) is 10.1. The number of carboxylic acids is 1. The molecule has 1 aromatic heterocycles. The van der Waals surface area contributed by atoms with Crippen molar-refractivity contribution in [3.8, 4) is 0 Å². The van der Waals surface area contributed by atoms with Gasteiger partial charge in [-0.1, -0.05) is 65.1 Å². The summed E-state index contributed by atoms with van der Waals surface area (Å²) in [5.74, 6) is -1.18. The van der Waals surface area contributed by atoms with E-state index in [1.807, 2.05) is 0 Å². The van der Waals surface area contributed by atoms with Crippen molar-refractivity contribution in [2.45, 2.75) is 12.7 Å². The number of nitrogens with zero attached hydrogens (tertiary/aromatic N) is 1. The Balaban J connectivity index is 0.000000262. The highest BCUT2D eigenvalue weighted by atomic mass is 35.5. The molecule has 31 heavy (non-hydrogen) atoms. The van der Waals surface area contributed by atoms with Crippen molar-refractivity contribution < 1.29 is 23.1 Å². The zero-order chi connectivity index (χ0) is 23.3. The lowest BCUT2D eigenvalue weighted by Gasteiger charge is -2.10. The lowest BCUT2D eigenvalue weighted by Crippen LogP contribution is -2.22. The number of aromatic nitrogens is 1. The lowest BCUT2D eigenvalue weighted by atomic mass is 10.2. The maximum absolute atomic E-state index is 11.9. The topological polar surface area (TPSA) is 83.1 Å². The van der Waals surface area contributed by atoms with E-state index in [1.165, 1.54) is 22.9 Å². The third kappa shape index (κ3) is 6.65. The van der Waals surface area contributed by atoms with Crippen molar-refractivity contribution >= 4 is 46.5 Å². The molecule has 3 rings (SSSR count). The Morgan fingerprint density at radius 2 is 1.58 bits per heavy atom. The molecule has 11 heteroatoms. The van der Waals surface area contributed by atoms with Gasteiger partial charge in [0.25, 0.3) is 5.56 Å². The minimum absolute atomic E-state index is 0.0399. The van der Waals surface area contributed by atoms with Crippen molar-refractivity contribution in [1.82, 2.24) is 4.57 Å². The van der Waals surface area contributed by atoms with Crippen LogP contribution in [0.1, 0.15) is 21.5 Å². The predicted octanol–water partition coefficient (Wildman–Crippen LogP) is 6.94. The van der Waals surface area contributed by atoms with Crippen molar-refractivity contribution in [3.63, 3.8) is 0 Å². The number of halogens is 6. The first-order valence-electron chi connectivity index (χ1n) is 8.35. The largest absolute Gasteiger partial charge is 0.699 e. The first-order valence-corrected chi connectivity index (χ1v) is 9.48. The number of rotatable bonds is 3. The third-order valence-corrected chi connectivity index (χ3v) is 4.85. The minimum Gasteiger partial charge on any atom is -0.699 e. The molecule has 5 nitrogen and oxygen atoms in total. The van der Waals surface area contributed by atoms with E-state index in [2.05, 4.69) is 0 Å². The average molecular weight is 493 g/mol. The molecule has 3 aromatic rings. The first kappa shape index (κ1) is 24.6. The molecule has 0 amide bonds. The molecule has 1 heterocycles. The molecule has 0 aliphatic rings. The molecular weight excluding hydrogens is 480 g/mol. The summed E-state index contributed by atoms with van der Waals surface area (Å²) in [4.78, 5) is 22.9. The lowest BCUT2D eigenvalue weighted by molar-refractivity contribution is -0.137. The molecule has 0 atom stereocenters. The molecule has 0 spiro atoms. The van der Waals surface area contributed by atoms with Crippen molar-refractivity contribution in [3.05, 3.63) is 103 Å². The number of nitrogens with one attached hydrogen (secondary N) is 1. The van der Waals surface area contributed by atoms with Crippen LogP contribution >= 0.6 is 34.8 Å². The first-order chi connectivity index (χ1) is 14.4. The summed E-state index contributed by atoms with van der Waals surface area (Å²) in [6, 6.07) is 10.3. The monoisotopic (exact) mass is 491 g/mol. The number of benzene rings is 2. The summed E-state index contributed by atoms with van der Waals surface area (Å²) in [6.07, 6.45) is -3.13. The third-order valence-electron chi connectivity index (χ3n) is 3.87. The van der Waals surface area contributed by atoms with Gasteiger partial charge in [0.2, 0.25) is 0 Å². The quantitative estimate of drug-likeness (QED) is 0.430. The minimum atomic E-state index is -4.34. The number of alkyl halides is 3. The highest BCUT2D eigenvalue weighted by Crippen LogP contribution is 2.31. The Labute approximate surface area is 189 Å². The van der Waals surface area contributed by atoms with Gasteiger partial charge in [0, 0.05) is 21.8 Å². The van der Waals surface area contributed by atoms with Crippen LogP contribution in [0.3, 0.4) is 0 Å². The molecule has 164 valence electrons. The van der Waals surface area contributed by atoms with Gasteiger partial charge in [-0.05, 0) is 18.2 Å². The molecule has 0 saturated heterocycles. The van der Waals surface area contributed by atoms with E-state index in [9.17, 15) is 22.8 Å². The molecule has 0 unspecified atom stereocenters. The van der Waals surface area contributed by atoms with E-state index in [0.717, 1.165) is 18.2 Å². The van der Waals surface area contributed by atoms with E-state index in [0.29, 0.717) is 15.6 Å². The molecule has 0 saturated carbocycles. The second-order valence-electron chi connectivity index (χ2n) is 6.09. The summed E-state index contributed by atoms with van der Waals surface area (Å²) >= 11 is 17.8. The van der Waals surface area contributed by atoms with Crippen LogP contribution in [0.15, 0.2) is 59.5 Å². The Morgan fingerprint density at radius 3 is 2.06 bits per heavy atom. The smallest absolute Gasteiger partial charge is 0.416 e. The fraction of sp³-hybridized carbons (Fsp3) is 0.100. The normalized spacial score (nSPS) is 10.9. The van der Waals surface area contributed by atoms with Gasteiger partial charge in [-0.3, -0.25) is 4.79 Å². The number of hydrogen-bond donors (Lipinski definition) is 1. The number of carbonyl (C=O) groups is 1. The van der Waals surface area contributed by atoms with Gasteiger partial charge in [-0.25, -0.2) is 4.79 Å². The van der Waals surface area contributed by atoms with Gasteiger partial charge in [0.05, 0.1) is 17.7 Å². The fourth-order valence-electron chi connectivity index (χ4n) is 2.38. The van der Waals surface area contributed by atoms with Gasteiger partial charge in [-0.2, -0.15) is 13.2 Å². The number of pyridine rings is 1. The van der Waals surface area contributed by atoms with Crippen LogP contribution < -0.4 is 5.56 Å². The number of hydrogen-bond acceptors (Lipinski definition) is 2. The van der Waals surface area contributed by atoms with Gasteiger partial charge in [-0.15, -0.1) is 5.69 Å². The van der Waals surface area contributed by atoms with Crippen molar-refractivity contribution in [2.75, 3.05) is 0 Å². The zero-order valence-corrected chi connectivity index (χ0v) is 17.6. The highest BCUT2D eigenvalue weighted by molar-refractivity contribution is 6.36. The van der Waals surface area contributed by atoms with Crippen LogP contribution in [0, 0.1) is 0 Å². The van der Waals surface area contributed by atoms with E-state index in [-0.39, 0.29) is 22.8 Å². The Kier molecular flexibility index (Phi) is 8.00. The van der Waals surface area contributed by atoms with Gasteiger partial charge >= 0.3 is 12.1 Å². The van der Waals surface area contributed by atoms with Crippen molar-refractivity contribution in [2.24, 2.45) is 0 Å². The molecule has 2 aromatic carbocycles. The molecule has 0 radical (unpaired) electrons. The van der Waals surface area contributed by atoms with Crippen LogP contribution in [-0.2, 0) is 12.7 Å². The molecule has 0 aliphatic heterocycles. The summed E-state index contributed by atoms with van der Waals surface area (Å²) in [5, 5.41) is 9.58. The summed E-state index contributed by atoms with van der Waals surface area (Å²) in [5.41, 5.74) is 5.95. The Hall–Kier alpha value is -2.68. The number of aromatic carboxylic acids is 1. The molecule has 2 N–H and O–H groups in total. The highest BCUT2D eigenvalue weighted by Gasteiger charge is 2.29. The summed E-state index contributed by atoms with van der Waals surface area (Å²) < 4.78 is 36.8. The number of carboxylic acid groups (broad SMARTS) is 1. The molecule has 0 fully saturated rings.